The molecule has 27 heavy (non-hydrogen) atoms. The number of carbonyl (C=O) groups is 1. The SMILES string of the molecule is C=CCN(Cc1nccn1Cc1ccccc1Cl)C(=O)c1ccc(C)cc1. The third-order valence-electron chi connectivity index (χ3n) is 4.37. The van der Waals surface area contributed by atoms with Crippen molar-refractivity contribution in [3.05, 3.63) is 101 Å². The Labute approximate surface area is 164 Å². The number of hydrogen-bond acceptors (Lipinski definition) is 2. The van der Waals surface area contributed by atoms with Crippen molar-refractivity contribution in [2.24, 2.45) is 0 Å². The van der Waals surface area contributed by atoms with Crippen molar-refractivity contribution >= 4 is 17.5 Å². The minimum absolute atomic E-state index is 0.0396. The van der Waals surface area contributed by atoms with E-state index < -0.39 is 0 Å². The molecule has 0 aliphatic rings. The van der Waals surface area contributed by atoms with Gasteiger partial charge in [0.2, 0.25) is 0 Å². The Morgan fingerprint density at radius 1 is 1.22 bits per heavy atom. The number of imidazole rings is 1. The third kappa shape index (κ3) is 4.66. The molecule has 0 bridgehead atoms. The van der Waals surface area contributed by atoms with Gasteiger partial charge in [0.05, 0.1) is 13.1 Å². The minimum Gasteiger partial charge on any atom is -0.329 e. The van der Waals surface area contributed by atoms with Crippen LogP contribution in [-0.2, 0) is 13.1 Å². The molecule has 138 valence electrons. The second-order valence-corrected chi connectivity index (χ2v) is 6.81. The summed E-state index contributed by atoms with van der Waals surface area (Å²) in [6.07, 6.45) is 5.38. The van der Waals surface area contributed by atoms with Crippen molar-refractivity contribution < 1.29 is 4.79 Å². The zero-order valence-electron chi connectivity index (χ0n) is 15.3. The van der Waals surface area contributed by atoms with Gasteiger partial charge in [-0.15, -0.1) is 6.58 Å². The molecule has 0 fully saturated rings. The number of aryl methyl sites for hydroxylation is 1. The molecule has 0 unspecified atom stereocenters. The molecule has 0 radical (unpaired) electrons. The molecule has 0 N–H and O–H groups in total. The number of hydrogen-bond donors (Lipinski definition) is 0. The van der Waals surface area contributed by atoms with Crippen LogP contribution in [0.1, 0.15) is 27.3 Å². The molecule has 1 heterocycles. The normalized spacial score (nSPS) is 10.6. The number of amides is 1. The molecule has 0 atom stereocenters. The Morgan fingerprint density at radius 2 is 1.96 bits per heavy atom. The van der Waals surface area contributed by atoms with Gasteiger partial charge in [-0.05, 0) is 30.7 Å². The number of nitrogens with zero attached hydrogens (tertiary/aromatic N) is 3. The van der Waals surface area contributed by atoms with E-state index in [0.717, 1.165) is 22.0 Å². The summed E-state index contributed by atoms with van der Waals surface area (Å²) >= 11 is 6.28. The Kier molecular flexibility index (Phi) is 6.09. The molecule has 0 aliphatic heterocycles. The average molecular weight is 380 g/mol. The summed E-state index contributed by atoms with van der Waals surface area (Å²) in [6, 6.07) is 15.3. The topological polar surface area (TPSA) is 38.1 Å². The van der Waals surface area contributed by atoms with Gasteiger partial charge >= 0.3 is 0 Å². The first-order chi connectivity index (χ1) is 13.1. The lowest BCUT2D eigenvalue weighted by atomic mass is 10.1. The van der Waals surface area contributed by atoms with Gasteiger partial charge in [-0.3, -0.25) is 4.79 Å². The van der Waals surface area contributed by atoms with E-state index in [9.17, 15) is 4.79 Å². The Hall–Kier alpha value is -2.85. The standard InChI is InChI=1S/C22H22ClN3O/c1-3-13-26(22(27)18-10-8-17(2)9-11-18)16-21-24-12-14-25(21)15-19-6-4-5-7-20(19)23/h3-12,14H,1,13,15-16H2,2H3. The van der Waals surface area contributed by atoms with E-state index in [1.165, 1.54) is 0 Å². The number of benzene rings is 2. The summed E-state index contributed by atoms with van der Waals surface area (Å²) in [6.45, 7) is 7.24. The number of rotatable bonds is 7. The van der Waals surface area contributed by atoms with Gasteiger partial charge in [0, 0.05) is 29.5 Å². The fraction of sp³-hybridized carbons (Fsp3) is 0.182. The van der Waals surface area contributed by atoms with Gasteiger partial charge in [-0.1, -0.05) is 53.6 Å². The molecule has 3 rings (SSSR count). The lowest BCUT2D eigenvalue weighted by Crippen LogP contribution is -2.32. The molecule has 1 aromatic heterocycles. The monoisotopic (exact) mass is 379 g/mol. The number of aromatic nitrogens is 2. The molecule has 0 saturated carbocycles. The predicted octanol–water partition coefficient (Wildman–Crippen LogP) is 4.72. The van der Waals surface area contributed by atoms with Crippen LogP contribution in [-0.4, -0.2) is 26.9 Å². The first-order valence-electron chi connectivity index (χ1n) is 8.78. The van der Waals surface area contributed by atoms with Crippen molar-refractivity contribution in [1.29, 1.82) is 0 Å². The fourth-order valence-electron chi connectivity index (χ4n) is 2.87. The maximum absolute atomic E-state index is 12.9. The summed E-state index contributed by atoms with van der Waals surface area (Å²) in [4.78, 5) is 19.1. The molecule has 2 aromatic carbocycles. The highest BCUT2D eigenvalue weighted by molar-refractivity contribution is 6.31. The van der Waals surface area contributed by atoms with E-state index in [1.807, 2.05) is 66.2 Å². The lowest BCUT2D eigenvalue weighted by Gasteiger charge is -2.22. The van der Waals surface area contributed by atoms with Gasteiger partial charge in [-0.25, -0.2) is 4.98 Å². The smallest absolute Gasteiger partial charge is 0.254 e. The summed E-state index contributed by atoms with van der Waals surface area (Å²) < 4.78 is 2.01. The first-order valence-corrected chi connectivity index (χ1v) is 9.16. The molecular weight excluding hydrogens is 358 g/mol. The van der Waals surface area contributed by atoms with Crippen LogP contribution >= 0.6 is 11.6 Å². The molecule has 5 heteroatoms. The Morgan fingerprint density at radius 3 is 2.67 bits per heavy atom. The van der Waals surface area contributed by atoms with E-state index in [-0.39, 0.29) is 5.91 Å². The van der Waals surface area contributed by atoms with Crippen molar-refractivity contribution in [3.63, 3.8) is 0 Å². The summed E-state index contributed by atoms with van der Waals surface area (Å²) in [5.41, 5.74) is 2.79. The van der Waals surface area contributed by atoms with Gasteiger partial charge in [0.15, 0.2) is 0 Å². The Bertz CT molecular complexity index is 931. The zero-order chi connectivity index (χ0) is 19.2. The third-order valence-corrected chi connectivity index (χ3v) is 4.74. The van der Waals surface area contributed by atoms with E-state index in [1.54, 1.807) is 17.2 Å². The highest BCUT2D eigenvalue weighted by Crippen LogP contribution is 2.18. The highest BCUT2D eigenvalue weighted by atomic mass is 35.5. The van der Waals surface area contributed by atoms with Crippen molar-refractivity contribution in [2.45, 2.75) is 20.0 Å². The molecule has 0 saturated heterocycles. The van der Waals surface area contributed by atoms with Crippen LogP contribution in [0.2, 0.25) is 5.02 Å². The van der Waals surface area contributed by atoms with Gasteiger partial charge in [-0.2, -0.15) is 0 Å². The maximum atomic E-state index is 12.9. The fourth-order valence-corrected chi connectivity index (χ4v) is 3.07. The Balaban J connectivity index is 1.80. The van der Waals surface area contributed by atoms with Crippen LogP contribution in [0.5, 0.6) is 0 Å². The van der Waals surface area contributed by atoms with Crippen LogP contribution < -0.4 is 0 Å². The van der Waals surface area contributed by atoms with Crippen LogP contribution in [0.4, 0.5) is 0 Å². The highest BCUT2D eigenvalue weighted by Gasteiger charge is 2.17. The zero-order valence-corrected chi connectivity index (χ0v) is 16.1. The summed E-state index contributed by atoms with van der Waals surface area (Å²) in [7, 11) is 0. The summed E-state index contributed by atoms with van der Waals surface area (Å²) in [5.74, 6) is 0.763. The first kappa shape index (κ1) is 18.9. The van der Waals surface area contributed by atoms with Gasteiger partial charge in [0.25, 0.3) is 5.91 Å². The lowest BCUT2D eigenvalue weighted by molar-refractivity contribution is 0.0757. The molecular formula is C22H22ClN3O. The van der Waals surface area contributed by atoms with E-state index >= 15 is 0 Å². The van der Waals surface area contributed by atoms with Crippen molar-refractivity contribution in [2.75, 3.05) is 6.54 Å². The van der Waals surface area contributed by atoms with Gasteiger partial charge < -0.3 is 9.47 Å². The number of halogens is 1. The van der Waals surface area contributed by atoms with Crippen LogP contribution in [0.25, 0.3) is 0 Å². The van der Waals surface area contributed by atoms with Gasteiger partial charge in [0.1, 0.15) is 5.82 Å². The average Bonchev–Trinajstić information content (AvgIpc) is 3.10. The maximum Gasteiger partial charge on any atom is 0.254 e. The molecule has 0 spiro atoms. The quantitative estimate of drug-likeness (QED) is 0.557. The van der Waals surface area contributed by atoms with Crippen molar-refractivity contribution in [1.82, 2.24) is 14.5 Å². The largest absolute Gasteiger partial charge is 0.329 e. The second kappa shape index (κ2) is 8.69. The molecule has 3 aromatic rings. The van der Waals surface area contributed by atoms with Crippen molar-refractivity contribution in [3.8, 4) is 0 Å². The second-order valence-electron chi connectivity index (χ2n) is 6.40. The van der Waals surface area contributed by atoms with E-state index in [4.69, 9.17) is 11.6 Å². The number of carbonyl (C=O) groups excluding carboxylic acids is 1. The van der Waals surface area contributed by atoms with E-state index in [0.29, 0.717) is 25.2 Å². The van der Waals surface area contributed by atoms with Crippen LogP contribution in [0.3, 0.4) is 0 Å². The van der Waals surface area contributed by atoms with Crippen LogP contribution in [0, 0.1) is 6.92 Å². The molecule has 0 aliphatic carbocycles. The summed E-state index contributed by atoms with van der Waals surface area (Å²) in [5, 5.41) is 0.718. The molecule has 1 amide bonds. The van der Waals surface area contributed by atoms with E-state index in [2.05, 4.69) is 11.6 Å². The molecule has 4 nitrogen and oxygen atoms in total. The van der Waals surface area contributed by atoms with Crippen LogP contribution in [0.15, 0.2) is 73.6 Å². The predicted molar refractivity (Wildman–Crippen MR) is 109 cm³/mol. The minimum atomic E-state index is -0.0396.